The van der Waals surface area contributed by atoms with Gasteiger partial charge >= 0.3 is 0 Å². The van der Waals surface area contributed by atoms with Crippen molar-refractivity contribution in [3.05, 3.63) is 54.9 Å². The second kappa shape index (κ2) is 7.63. The molecule has 0 aliphatic carbocycles. The number of aliphatic hydroxyl groups is 1. The molecule has 2 aromatic carbocycles. The summed E-state index contributed by atoms with van der Waals surface area (Å²) in [4.78, 5) is 0. The van der Waals surface area contributed by atoms with E-state index >= 15 is 0 Å². The first kappa shape index (κ1) is 16.8. The Kier molecular flexibility index (Phi) is 6.10. The Morgan fingerprint density at radius 3 is 2.10 bits per heavy atom. The van der Waals surface area contributed by atoms with E-state index in [1.165, 1.54) is 0 Å². The Morgan fingerprint density at radius 1 is 0.952 bits per heavy atom. The van der Waals surface area contributed by atoms with Crippen LogP contribution in [0.15, 0.2) is 43.7 Å². The fraction of sp³-hybridized carbons (Fsp3) is 0.200. The molecule has 0 atom stereocenters. The summed E-state index contributed by atoms with van der Waals surface area (Å²) < 4.78 is 13.5. The lowest BCUT2D eigenvalue weighted by molar-refractivity contribution is 0.280. The van der Waals surface area contributed by atoms with Crippen LogP contribution in [0.2, 0.25) is 0 Å². The first-order valence-corrected chi connectivity index (χ1v) is 8.47. The first-order valence-electron chi connectivity index (χ1n) is 6.09. The summed E-state index contributed by atoms with van der Waals surface area (Å²) in [6.45, 7) is 0.418. The van der Waals surface area contributed by atoms with Crippen molar-refractivity contribution in [1.29, 1.82) is 0 Å². The van der Waals surface area contributed by atoms with Crippen molar-refractivity contribution in [2.24, 2.45) is 0 Å². The SMILES string of the molecule is COc1ccc(COc2c(Br)cc(CO)cc2Br)cc1Br. The van der Waals surface area contributed by atoms with Crippen LogP contribution in [0.3, 0.4) is 0 Å². The van der Waals surface area contributed by atoms with Gasteiger partial charge < -0.3 is 14.6 Å². The number of methoxy groups -OCH3 is 1. The molecule has 0 radical (unpaired) electrons. The summed E-state index contributed by atoms with van der Waals surface area (Å²) in [7, 11) is 1.63. The first-order chi connectivity index (χ1) is 10.0. The molecule has 112 valence electrons. The molecular formula is C15H13Br3O3. The van der Waals surface area contributed by atoms with Gasteiger partial charge in [-0.15, -0.1) is 0 Å². The van der Waals surface area contributed by atoms with Crippen LogP contribution in [0.4, 0.5) is 0 Å². The summed E-state index contributed by atoms with van der Waals surface area (Å²) in [5.74, 6) is 1.49. The molecule has 3 nitrogen and oxygen atoms in total. The lowest BCUT2D eigenvalue weighted by Crippen LogP contribution is -1.98. The molecule has 0 saturated carbocycles. The average molecular weight is 481 g/mol. The standard InChI is InChI=1S/C15H13Br3O3/c1-20-14-3-2-9(4-11(14)16)8-21-15-12(17)5-10(7-19)6-13(15)18/h2-6,19H,7-8H2,1H3. The normalized spacial score (nSPS) is 10.5. The molecular weight excluding hydrogens is 468 g/mol. The van der Waals surface area contributed by atoms with E-state index in [1.54, 1.807) is 7.11 Å². The van der Waals surface area contributed by atoms with Crippen LogP contribution in [0.5, 0.6) is 11.5 Å². The molecule has 0 aliphatic heterocycles. The maximum Gasteiger partial charge on any atom is 0.148 e. The van der Waals surface area contributed by atoms with Crippen molar-refractivity contribution in [3.63, 3.8) is 0 Å². The fourth-order valence-corrected chi connectivity index (χ4v) is 3.89. The smallest absolute Gasteiger partial charge is 0.148 e. The van der Waals surface area contributed by atoms with Crippen LogP contribution >= 0.6 is 47.8 Å². The maximum atomic E-state index is 9.17. The van der Waals surface area contributed by atoms with Gasteiger partial charge in [-0.2, -0.15) is 0 Å². The zero-order chi connectivity index (χ0) is 15.4. The van der Waals surface area contributed by atoms with Gasteiger partial charge in [0.15, 0.2) is 0 Å². The average Bonchev–Trinajstić information content (AvgIpc) is 2.46. The highest BCUT2D eigenvalue weighted by molar-refractivity contribution is 9.11. The van der Waals surface area contributed by atoms with E-state index in [-0.39, 0.29) is 6.61 Å². The molecule has 0 aromatic heterocycles. The van der Waals surface area contributed by atoms with Crippen molar-refractivity contribution >= 4 is 47.8 Å². The number of aliphatic hydroxyl groups excluding tert-OH is 1. The van der Waals surface area contributed by atoms with Crippen molar-refractivity contribution in [2.75, 3.05) is 7.11 Å². The number of ether oxygens (including phenoxy) is 2. The van der Waals surface area contributed by atoms with Crippen LogP contribution in [0, 0.1) is 0 Å². The molecule has 2 rings (SSSR count). The summed E-state index contributed by atoms with van der Waals surface area (Å²) in [6, 6.07) is 9.48. The highest BCUT2D eigenvalue weighted by atomic mass is 79.9. The van der Waals surface area contributed by atoms with Crippen molar-refractivity contribution < 1.29 is 14.6 Å². The summed E-state index contributed by atoms with van der Waals surface area (Å²) >= 11 is 10.4. The molecule has 0 heterocycles. The van der Waals surface area contributed by atoms with Gasteiger partial charge in [0.1, 0.15) is 18.1 Å². The van der Waals surface area contributed by atoms with Gasteiger partial charge in [0.2, 0.25) is 0 Å². The molecule has 0 aliphatic rings. The van der Waals surface area contributed by atoms with E-state index in [1.807, 2.05) is 30.3 Å². The van der Waals surface area contributed by atoms with Gasteiger partial charge in [-0.1, -0.05) is 6.07 Å². The zero-order valence-corrected chi connectivity index (χ0v) is 16.0. The van der Waals surface area contributed by atoms with Gasteiger partial charge in [-0.05, 0) is 83.2 Å². The topological polar surface area (TPSA) is 38.7 Å². The molecule has 0 unspecified atom stereocenters. The van der Waals surface area contributed by atoms with Gasteiger partial charge in [0.25, 0.3) is 0 Å². The van der Waals surface area contributed by atoms with Crippen molar-refractivity contribution in [1.82, 2.24) is 0 Å². The predicted molar refractivity (Wildman–Crippen MR) is 92.8 cm³/mol. The second-order valence-electron chi connectivity index (χ2n) is 4.30. The van der Waals surface area contributed by atoms with E-state index in [4.69, 9.17) is 14.6 Å². The van der Waals surface area contributed by atoms with Crippen molar-refractivity contribution in [2.45, 2.75) is 13.2 Å². The van der Waals surface area contributed by atoms with Crippen LogP contribution < -0.4 is 9.47 Å². The summed E-state index contributed by atoms with van der Waals surface area (Å²) in [6.07, 6.45) is 0. The molecule has 1 N–H and O–H groups in total. The molecule has 2 aromatic rings. The van der Waals surface area contributed by atoms with Gasteiger partial charge in [-0.3, -0.25) is 0 Å². The van der Waals surface area contributed by atoms with Gasteiger partial charge in [0, 0.05) is 0 Å². The Bertz CT molecular complexity index is 621. The van der Waals surface area contributed by atoms with Crippen LogP contribution in [0.25, 0.3) is 0 Å². The fourth-order valence-electron chi connectivity index (χ4n) is 1.80. The minimum atomic E-state index is -0.0110. The molecule has 0 spiro atoms. The predicted octanol–water partition coefficient (Wildman–Crippen LogP) is 5.05. The van der Waals surface area contributed by atoms with E-state index in [0.29, 0.717) is 12.4 Å². The molecule has 6 heteroatoms. The lowest BCUT2D eigenvalue weighted by atomic mass is 10.2. The highest BCUT2D eigenvalue weighted by Gasteiger charge is 2.10. The molecule has 0 saturated heterocycles. The Morgan fingerprint density at radius 2 is 1.57 bits per heavy atom. The molecule has 21 heavy (non-hydrogen) atoms. The van der Waals surface area contributed by atoms with E-state index in [9.17, 15) is 0 Å². The number of rotatable bonds is 5. The highest BCUT2D eigenvalue weighted by Crippen LogP contribution is 2.35. The van der Waals surface area contributed by atoms with Crippen LogP contribution in [-0.2, 0) is 13.2 Å². The van der Waals surface area contributed by atoms with Crippen LogP contribution in [-0.4, -0.2) is 12.2 Å². The largest absolute Gasteiger partial charge is 0.496 e. The van der Waals surface area contributed by atoms with E-state index in [0.717, 1.165) is 30.3 Å². The summed E-state index contributed by atoms with van der Waals surface area (Å²) in [5.41, 5.74) is 1.83. The van der Waals surface area contributed by atoms with Crippen molar-refractivity contribution in [3.8, 4) is 11.5 Å². The van der Waals surface area contributed by atoms with Crippen LogP contribution in [0.1, 0.15) is 11.1 Å². The Hall–Kier alpha value is -0.560. The summed E-state index contributed by atoms with van der Waals surface area (Å²) in [5, 5.41) is 9.17. The van der Waals surface area contributed by atoms with Gasteiger partial charge in [0.05, 0.1) is 27.1 Å². The number of benzene rings is 2. The molecule has 0 fully saturated rings. The maximum absolute atomic E-state index is 9.17. The Labute approximate surface area is 148 Å². The number of halogens is 3. The lowest BCUT2D eigenvalue weighted by Gasteiger charge is -2.12. The second-order valence-corrected chi connectivity index (χ2v) is 6.87. The third kappa shape index (κ3) is 4.22. The van der Waals surface area contributed by atoms with E-state index in [2.05, 4.69) is 47.8 Å². The molecule has 0 bridgehead atoms. The minimum absolute atomic E-state index is 0.0110. The Balaban J connectivity index is 2.15. The third-order valence-electron chi connectivity index (χ3n) is 2.84. The van der Waals surface area contributed by atoms with Gasteiger partial charge in [-0.25, -0.2) is 0 Å². The van der Waals surface area contributed by atoms with E-state index < -0.39 is 0 Å². The third-order valence-corrected chi connectivity index (χ3v) is 4.64. The monoisotopic (exact) mass is 478 g/mol. The zero-order valence-electron chi connectivity index (χ0n) is 11.2. The molecule has 0 amide bonds. The number of hydrogen-bond donors (Lipinski definition) is 1. The quantitative estimate of drug-likeness (QED) is 0.650. The number of hydrogen-bond acceptors (Lipinski definition) is 3. The minimum Gasteiger partial charge on any atom is -0.496 e.